The van der Waals surface area contributed by atoms with Crippen LogP contribution < -0.4 is 0 Å². The van der Waals surface area contributed by atoms with E-state index in [-0.39, 0.29) is 17.1 Å². The predicted octanol–water partition coefficient (Wildman–Crippen LogP) is 1.64. The second-order valence-corrected chi connectivity index (χ2v) is 6.81. The Labute approximate surface area is 142 Å². The number of rotatable bonds is 4. The third kappa shape index (κ3) is 3.94. The van der Waals surface area contributed by atoms with Crippen LogP contribution in [0.5, 0.6) is 0 Å². The molecule has 2 heterocycles. The molecule has 2 fully saturated rings. The summed E-state index contributed by atoms with van der Waals surface area (Å²) >= 11 is 0. The van der Waals surface area contributed by atoms with Crippen LogP contribution in [0.25, 0.3) is 0 Å². The number of likely N-dealkylation sites (tertiary alicyclic amines) is 1. The van der Waals surface area contributed by atoms with Crippen molar-refractivity contribution in [3.05, 3.63) is 35.6 Å². The average molecular weight is 336 g/mol. The van der Waals surface area contributed by atoms with Crippen LogP contribution in [0, 0.1) is 11.2 Å². The van der Waals surface area contributed by atoms with Crippen LogP contribution in [0.15, 0.2) is 24.3 Å². The molecule has 1 amide bonds. The maximum Gasteiger partial charge on any atom is 0.254 e. The Morgan fingerprint density at radius 1 is 1.38 bits per heavy atom. The van der Waals surface area contributed by atoms with Crippen molar-refractivity contribution in [2.75, 3.05) is 59.7 Å². The fraction of sp³-hybridized carbons (Fsp3) is 0.611. The zero-order valence-electron chi connectivity index (χ0n) is 14.2. The molecule has 0 aromatic heterocycles. The van der Waals surface area contributed by atoms with Crippen LogP contribution in [0.2, 0.25) is 0 Å². The summed E-state index contributed by atoms with van der Waals surface area (Å²) in [4.78, 5) is 17.0. The molecule has 2 saturated heterocycles. The largest absolute Gasteiger partial charge is 0.383 e. The van der Waals surface area contributed by atoms with Crippen molar-refractivity contribution in [3.63, 3.8) is 0 Å². The van der Waals surface area contributed by atoms with Crippen molar-refractivity contribution in [3.8, 4) is 0 Å². The lowest BCUT2D eigenvalue weighted by atomic mass is 9.87. The van der Waals surface area contributed by atoms with Gasteiger partial charge in [-0.3, -0.25) is 4.79 Å². The van der Waals surface area contributed by atoms with Crippen molar-refractivity contribution in [2.45, 2.75) is 6.42 Å². The van der Waals surface area contributed by atoms with Gasteiger partial charge in [-0.05, 0) is 31.2 Å². The van der Waals surface area contributed by atoms with Gasteiger partial charge >= 0.3 is 0 Å². The van der Waals surface area contributed by atoms with Crippen LogP contribution in [-0.2, 0) is 9.47 Å². The molecule has 0 N–H and O–H groups in total. The van der Waals surface area contributed by atoms with Gasteiger partial charge < -0.3 is 19.3 Å². The topological polar surface area (TPSA) is 42.0 Å². The molecule has 0 radical (unpaired) electrons. The maximum atomic E-state index is 13.4. The van der Waals surface area contributed by atoms with E-state index in [9.17, 15) is 9.18 Å². The summed E-state index contributed by atoms with van der Waals surface area (Å²) < 4.78 is 24.4. The molecule has 0 aliphatic carbocycles. The van der Waals surface area contributed by atoms with Gasteiger partial charge in [0.25, 0.3) is 5.91 Å². The minimum Gasteiger partial charge on any atom is -0.383 e. The SMILES string of the molecule is COCCN1CC[C@]2(COCCN(C(=O)c3cccc(F)c3)C2)C1. The highest BCUT2D eigenvalue weighted by molar-refractivity contribution is 5.94. The van der Waals surface area contributed by atoms with Crippen molar-refractivity contribution in [1.29, 1.82) is 0 Å². The molecule has 1 aromatic rings. The fourth-order valence-electron chi connectivity index (χ4n) is 3.66. The third-order valence-corrected chi connectivity index (χ3v) is 4.93. The van der Waals surface area contributed by atoms with Crippen LogP contribution in [0.4, 0.5) is 4.39 Å². The first-order chi connectivity index (χ1) is 11.6. The van der Waals surface area contributed by atoms with E-state index in [1.165, 1.54) is 12.1 Å². The van der Waals surface area contributed by atoms with Gasteiger partial charge in [0.1, 0.15) is 5.82 Å². The van der Waals surface area contributed by atoms with Crippen LogP contribution in [0.1, 0.15) is 16.8 Å². The van der Waals surface area contributed by atoms with Crippen LogP contribution in [-0.4, -0.2) is 75.4 Å². The Hall–Kier alpha value is -1.50. The minimum absolute atomic E-state index is 0.0345. The quantitative estimate of drug-likeness (QED) is 0.838. The number of carbonyl (C=O) groups excluding carboxylic acids is 1. The summed E-state index contributed by atoms with van der Waals surface area (Å²) in [7, 11) is 1.71. The second-order valence-electron chi connectivity index (χ2n) is 6.81. The normalized spacial score (nSPS) is 25.2. The van der Waals surface area contributed by atoms with E-state index >= 15 is 0 Å². The zero-order valence-corrected chi connectivity index (χ0v) is 14.2. The van der Waals surface area contributed by atoms with E-state index in [1.807, 2.05) is 4.90 Å². The lowest BCUT2D eigenvalue weighted by Gasteiger charge is -2.32. The molecular formula is C18H25FN2O3. The highest BCUT2D eigenvalue weighted by Crippen LogP contribution is 2.33. The Morgan fingerprint density at radius 2 is 2.25 bits per heavy atom. The number of methoxy groups -OCH3 is 1. The molecule has 2 aliphatic rings. The number of benzene rings is 1. The number of hydrogen-bond acceptors (Lipinski definition) is 4. The number of nitrogens with zero attached hydrogens (tertiary/aromatic N) is 2. The molecule has 1 atom stereocenters. The fourth-order valence-corrected chi connectivity index (χ4v) is 3.66. The summed E-state index contributed by atoms with van der Waals surface area (Å²) in [5.74, 6) is -0.497. The highest BCUT2D eigenvalue weighted by atomic mass is 19.1. The number of hydrogen-bond donors (Lipinski definition) is 0. The van der Waals surface area contributed by atoms with Gasteiger partial charge in [0.15, 0.2) is 0 Å². The molecule has 5 nitrogen and oxygen atoms in total. The number of carbonyl (C=O) groups is 1. The summed E-state index contributed by atoms with van der Waals surface area (Å²) in [5.41, 5.74) is 0.369. The van der Waals surface area contributed by atoms with Gasteiger partial charge in [0.2, 0.25) is 0 Å². The molecule has 132 valence electrons. The van der Waals surface area contributed by atoms with E-state index in [0.717, 1.165) is 26.1 Å². The van der Waals surface area contributed by atoms with Gasteiger partial charge in [0.05, 0.1) is 19.8 Å². The van der Waals surface area contributed by atoms with Gasteiger partial charge in [-0.25, -0.2) is 4.39 Å². The first-order valence-corrected chi connectivity index (χ1v) is 8.46. The van der Waals surface area contributed by atoms with E-state index in [4.69, 9.17) is 9.47 Å². The lowest BCUT2D eigenvalue weighted by molar-refractivity contribution is 0.0629. The first kappa shape index (κ1) is 17.3. The first-order valence-electron chi connectivity index (χ1n) is 8.46. The molecule has 0 unspecified atom stereocenters. The molecule has 2 aliphatic heterocycles. The molecule has 6 heteroatoms. The lowest BCUT2D eigenvalue weighted by Crippen LogP contribution is -2.43. The van der Waals surface area contributed by atoms with Crippen molar-refractivity contribution >= 4 is 5.91 Å². The number of halogens is 1. The molecule has 1 aromatic carbocycles. The molecule has 0 saturated carbocycles. The van der Waals surface area contributed by atoms with Crippen molar-refractivity contribution < 1.29 is 18.7 Å². The van der Waals surface area contributed by atoms with E-state index in [0.29, 0.717) is 38.5 Å². The third-order valence-electron chi connectivity index (χ3n) is 4.93. The van der Waals surface area contributed by atoms with Gasteiger partial charge in [-0.15, -0.1) is 0 Å². The smallest absolute Gasteiger partial charge is 0.254 e. The Bertz CT molecular complexity index is 583. The highest BCUT2D eigenvalue weighted by Gasteiger charge is 2.42. The van der Waals surface area contributed by atoms with E-state index in [1.54, 1.807) is 19.2 Å². The van der Waals surface area contributed by atoms with Crippen molar-refractivity contribution in [2.24, 2.45) is 5.41 Å². The summed E-state index contributed by atoms with van der Waals surface area (Å²) in [6.07, 6.45) is 1.00. The van der Waals surface area contributed by atoms with Gasteiger partial charge in [-0.2, -0.15) is 0 Å². The molecule has 0 bridgehead atoms. The van der Waals surface area contributed by atoms with Gasteiger partial charge in [0, 0.05) is 44.3 Å². The zero-order chi connectivity index (χ0) is 17.0. The van der Waals surface area contributed by atoms with E-state index in [2.05, 4.69) is 4.90 Å². The Balaban J connectivity index is 1.70. The number of amides is 1. The summed E-state index contributed by atoms with van der Waals surface area (Å²) in [6.45, 7) is 5.92. The van der Waals surface area contributed by atoms with Crippen molar-refractivity contribution in [1.82, 2.24) is 9.80 Å². The maximum absolute atomic E-state index is 13.4. The Kier molecular flexibility index (Phi) is 5.48. The molecule has 3 rings (SSSR count). The second kappa shape index (κ2) is 7.59. The average Bonchev–Trinajstić information content (AvgIpc) is 2.85. The van der Waals surface area contributed by atoms with Gasteiger partial charge in [-0.1, -0.05) is 6.07 Å². The summed E-state index contributed by atoms with van der Waals surface area (Å²) in [5, 5.41) is 0. The number of ether oxygens (including phenoxy) is 2. The van der Waals surface area contributed by atoms with Crippen LogP contribution in [0.3, 0.4) is 0 Å². The predicted molar refractivity (Wildman–Crippen MR) is 88.5 cm³/mol. The molecule has 1 spiro atoms. The van der Waals surface area contributed by atoms with E-state index < -0.39 is 0 Å². The molecular weight excluding hydrogens is 311 g/mol. The standard InChI is InChI=1S/C18H25FN2O3/c1-23-9-7-20-6-5-18(12-20)13-21(8-10-24-14-18)17(22)15-3-2-4-16(19)11-15/h2-4,11H,5-10,12-14H2,1H3/t18-/m0/s1. The summed E-state index contributed by atoms with van der Waals surface area (Å²) in [6, 6.07) is 5.91. The minimum atomic E-state index is -0.381. The Morgan fingerprint density at radius 3 is 3.04 bits per heavy atom. The van der Waals surface area contributed by atoms with Crippen LogP contribution >= 0.6 is 0 Å². The monoisotopic (exact) mass is 336 g/mol. The molecule has 24 heavy (non-hydrogen) atoms.